The second-order valence-electron chi connectivity index (χ2n) is 5.62. The summed E-state index contributed by atoms with van der Waals surface area (Å²) in [5, 5.41) is 0. The lowest BCUT2D eigenvalue weighted by atomic mass is 10.1. The second kappa shape index (κ2) is 6.41. The average molecular weight is 287 g/mol. The van der Waals surface area contributed by atoms with E-state index in [1.54, 1.807) is 0 Å². The molecule has 0 fully saturated rings. The smallest absolute Gasteiger partial charge is 0.0605 e. The second-order valence-corrected chi connectivity index (χ2v) is 6.54. The lowest BCUT2D eigenvalue weighted by Crippen LogP contribution is -2.31. The predicted molar refractivity (Wildman–Crippen MR) is 74.7 cm³/mol. The summed E-state index contributed by atoms with van der Waals surface area (Å²) in [6.07, 6.45) is 0. The van der Waals surface area contributed by atoms with Crippen LogP contribution in [-0.4, -0.2) is 11.2 Å². The van der Waals surface area contributed by atoms with Gasteiger partial charge in [-0.3, -0.25) is 0 Å². The van der Waals surface area contributed by atoms with Crippen molar-refractivity contribution in [1.29, 1.82) is 0 Å². The van der Waals surface area contributed by atoms with Crippen molar-refractivity contribution >= 4 is 15.9 Å². The minimum Gasteiger partial charge on any atom is -0.370 e. The van der Waals surface area contributed by atoms with Gasteiger partial charge in [0.25, 0.3) is 0 Å². The Morgan fingerprint density at radius 1 is 0.812 bits per heavy atom. The topological polar surface area (TPSA) is 9.23 Å². The molecule has 0 saturated heterocycles. The van der Waals surface area contributed by atoms with Crippen LogP contribution in [0.3, 0.4) is 0 Å². The zero-order valence-corrected chi connectivity index (χ0v) is 12.8. The highest BCUT2D eigenvalue weighted by Gasteiger charge is 2.19. The van der Waals surface area contributed by atoms with Crippen molar-refractivity contribution in [3.63, 3.8) is 0 Å². The fraction of sp³-hybridized carbons (Fsp3) is 0.571. The molecule has 0 bridgehead atoms. The largest absolute Gasteiger partial charge is 0.370 e. The maximum Gasteiger partial charge on any atom is 0.0605 e. The van der Waals surface area contributed by atoms with E-state index < -0.39 is 0 Å². The molecule has 2 heteroatoms. The highest BCUT2D eigenvalue weighted by molar-refractivity contribution is 9.10. The molecule has 0 saturated carbocycles. The van der Waals surface area contributed by atoms with Gasteiger partial charge in [-0.15, -0.1) is 0 Å². The fourth-order valence-corrected chi connectivity index (χ4v) is 1.64. The van der Waals surface area contributed by atoms with Gasteiger partial charge in [0.2, 0.25) is 0 Å². The van der Waals surface area contributed by atoms with E-state index in [2.05, 4.69) is 57.5 Å². The van der Waals surface area contributed by atoms with Crippen LogP contribution in [0.5, 0.6) is 0 Å². The number of halogens is 1. The van der Waals surface area contributed by atoms with Crippen LogP contribution in [-0.2, 0) is 4.74 Å². The summed E-state index contributed by atoms with van der Waals surface area (Å²) >= 11 is 3.31. The molecule has 0 heterocycles. The monoisotopic (exact) mass is 286 g/mol. The van der Waals surface area contributed by atoms with Gasteiger partial charge in [-0.05, 0) is 53.7 Å². The molecule has 1 aromatic rings. The molecule has 0 aliphatic carbocycles. The van der Waals surface area contributed by atoms with E-state index in [4.69, 9.17) is 4.74 Å². The van der Waals surface area contributed by atoms with E-state index in [0.717, 1.165) is 4.47 Å². The van der Waals surface area contributed by atoms with Crippen LogP contribution in [0.4, 0.5) is 0 Å². The molecule has 1 nitrogen and oxygen atoms in total. The first kappa shape index (κ1) is 15.7. The first-order valence-corrected chi connectivity index (χ1v) is 6.30. The Morgan fingerprint density at radius 3 is 1.31 bits per heavy atom. The summed E-state index contributed by atoms with van der Waals surface area (Å²) in [6, 6.07) is 9.97. The Kier molecular flexibility index (Phi) is 6.27. The van der Waals surface area contributed by atoms with Crippen molar-refractivity contribution in [2.45, 2.75) is 52.7 Å². The maximum atomic E-state index is 5.62. The standard InChI is InChI=1S/C8H18O.C6H5Br/c1-7(2,3)9-8(4,5)6;7-6-4-2-1-3-5-6/h1-6H3;1-5H. The summed E-state index contributed by atoms with van der Waals surface area (Å²) in [4.78, 5) is 0. The summed E-state index contributed by atoms with van der Waals surface area (Å²) in [5.74, 6) is 0. The molecular formula is C14H23BrO. The lowest BCUT2D eigenvalue weighted by molar-refractivity contribution is -0.102. The summed E-state index contributed by atoms with van der Waals surface area (Å²) < 4.78 is 6.76. The van der Waals surface area contributed by atoms with Crippen molar-refractivity contribution in [2.24, 2.45) is 0 Å². The molecule has 92 valence electrons. The summed E-state index contributed by atoms with van der Waals surface area (Å²) in [6.45, 7) is 12.4. The Morgan fingerprint density at radius 2 is 1.19 bits per heavy atom. The number of rotatable bonds is 0. The molecule has 0 amide bonds. The van der Waals surface area contributed by atoms with E-state index >= 15 is 0 Å². The SMILES string of the molecule is Brc1ccccc1.CC(C)(C)OC(C)(C)C. The third-order valence-electron chi connectivity index (χ3n) is 1.35. The van der Waals surface area contributed by atoms with Crippen LogP contribution in [0.25, 0.3) is 0 Å². The molecule has 0 spiro atoms. The van der Waals surface area contributed by atoms with E-state index in [9.17, 15) is 0 Å². The first-order chi connectivity index (χ1) is 7.10. The molecule has 0 N–H and O–H groups in total. The quantitative estimate of drug-likeness (QED) is 0.649. The van der Waals surface area contributed by atoms with Gasteiger partial charge in [0.05, 0.1) is 11.2 Å². The van der Waals surface area contributed by atoms with Gasteiger partial charge >= 0.3 is 0 Å². The Hall–Kier alpha value is -0.340. The zero-order chi connectivity index (χ0) is 12.8. The van der Waals surface area contributed by atoms with Crippen molar-refractivity contribution in [1.82, 2.24) is 0 Å². The Balaban J connectivity index is 0.000000288. The lowest BCUT2D eigenvalue weighted by Gasteiger charge is -2.30. The van der Waals surface area contributed by atoms with Gasteiger partial charge in [-0.25, -0.2) is 0 Å². The number of benzene rings is 1. The molecule has 0 unspecified atom stereocenters. The van der Waals surface area contributed by atoms with Crippen molar-refractivity contribution in [3.05, 3.63) is 34.8 Å². The van der Waals surface area contributed by atoms with E-state index in [-0.39, 0.29) is 11.2 Å². The molecule has 16 heavy (non-hydrogen) atoms. The van der Waals surface area contributed by atoms with Gasteiger partial charge in [0.1, 0.15) is 0 Å². The molecule has 0 aliphatic rings. The van der Waals surface area contributed by atoms with Crippen LogP contribution in [0, 0.1) is 0 Å². The van der Waals surface area contributed by atoms with Crippen LogP contribution < -0.4 is 0 Å². The van der Waals surface area contributed by atoms with Crippen molar-refractivity contribution in [3.8, 4) is 0 Å². The fourth-order valence-electron chi connectivity index (χ4n) is 1.33. The number of hydrogen-bond acceptors (Lipinski definition) is 1. The molecule has 0 radical (unpaired) electrons. The Labute approximate surface area is 108 Å². The Bertz CT molecular complexity index is 268. The minimum atomic E-state index is -0.0156. The highest BCUT2D eigenvalue weighted by atomic mass is 79.9. The minimum absolute atomic E-state index is 0.0156. The first-order valence-electron chi connectivity index (χ1n) is 5.51. The highest BCUT2D eigenvalue weighted by Crippen LogP contribution is 2.17. The number of hydrogen-bond donors (Lipinski definition) is 0. The predicted octanol–water partition coefficient (Wildman–Crippen LogP) is 5.05. The van der Waals surface area contributed by atoms with Crippen LogP contribution in [0.2, 0.25) is 0 Å². The average Bonchev–Trinajstić information content (AvgIpc) is 1.99. The third kappa shape index (κ3) is 11.7. The third-order valence-corrected chi connectivity index (χ3v) is 1.87. The van der Waals surface area contributed by atoms with E-state index in [1.165, 1.54) is 0 Å². The summed E-state index contributed by atoms with van der Waals surface area (Å²) in [5.41, 5.74) is -0.0312. The van der Waals surface area contributed by atoms with Crippen LogP contribution >= 0.6 is 15.9 Å². The molecule has 1 rings (SSSR count). The zero-order valence-electron chi connectivity index (χ0n) is 11.2. The molecular weight excluding hydrogens is 264 g/mol. The van der Waals surface area contributed by atoms with E-state index in [1.807, 2.05) is 30.3 Å². The summed E-state index contributed by atoms with van der Waals surface area (Å²) in [7, 11) is 0. The molecule has 0 atom stereocenters. The van der Waals surface area contributed by atoms with Gasteiger partial charge < -0.3 is 4.74 Å². The van der Waals surface area contributed by atoms with Crippen molar-refractivity contribution in [2.75, 3.05) is 0 Å². The van der Waals surface area contributed by atoms with Crippen molar-refractivity contribution < 1.29 is 4.74 Å². The normalized spacial score (nSPS) is 11.7. The molecule has 0 aliphatic heterocycles. The molecule has 1 aromatic carbocycles. The van der Waals surface area contributed by atoms with Gasteiger partial charge in [-0.1, -0.05) is 34.1 Å². The van der Waals surface area contributed by atoms with E-state index in [0.29, 0.717) is 0 Å². The van der Waals surface area contributed by atoms with Gasteiger partial charge in [0.15, 0.2) is 0 Å². The number of ether oxygens (including phenoxy) is 1. The maximum absolute atomic E-state index is 5.62. The van der Waals surface area contributed by atoms with Crippen LogP contribution in [0.1, 0.15) is 41.5 Å². The van der Waals surface area contributed by atoms with Gasteiger partial charge in [-0.2, -0.15) is 0 Å². The van der Waals surface area contributed by atoms with Crippen LogP contribution in [0.15, 0.2) is 34.8 Å². The molecule has 0 aromatic heterocycles. The van der Waals surface area contributed by atoms with Gasteiger partial charge in [0, 0.05) is 4.47 Å².